The summed E-state index contributed by atoms with van der Waals surface area (Å²) in [5.41, 5.74) is 3.40. The lowest BCUT2D eigenvalue weighted by atomic mass is 10.0. The van der Waals surface area contributed by atoms with Gasteiger partial charge in [0.1, 0.15) is 0 Å². The van der Waals surface area contributed by atoms with Gasteiger partial charge in [0.25, 0.3) is 0 Å². The molecule has 0 amide bonds. The van der Waals surface area contributed by atoms with Crippen molar-refractivity contribution in [2.24, 2.45) is 0 Å². The van der Waals surface area contributed by atoms with Crippen molar-refractivity contribution in [2.45, 2.75) is 65.2 Å². The van der Waals surface area contributed by atoms with Crippen molar-refractivity contribution >= 4 is 11.9 Å². The van der Waals surface area contributed by atoms with Crippen LogP contribution in [0.15, 0.2) is 42.5 Å². The third-order valence-electron chi connectivity index (χ3n) is 3.93. The molecule has 1 heteroatoms. The van der Waals surface area contributed by atoms with Gasteiger partial charge in [0.15, 0.2) is 5.78 Å². The Bertz CT molecular complexity index is 479. The summed E-state index contributed by atoms with van der Waals surface area (Å²) in [5.74, 6) is 0.223. The van der Waals surface area contributed by atoms with Crippen LogP contribution >= 0.6 is 0 Å². The van der Waals surface area contributed by atoms with E-state index in [2.05, 4.69) is 43.0 Å². The molecule has 0 atom stereocenters. The van der Waals surface area contributed by atoms with Crippen LogP contribution in [0.5, 0.6) is 0 Å². The zero-order chi connectivity index (χ0) is 16.2. The highest BCUT2D eigenvalue weighted by molar-refractivity contribution is 5.93. The van der Waals surface area contributed by atoms with E-state index in [0.29, 0.717) is 12.0 Å². The summed E-state index contributed by atoms with van der Waals surface area (Å²) >= 11 is 0. The number of allylic oxidation sites excluding steroid dienone is 2. The molecule has 1 aromatic carbocycles. The summed E-state index contributed by atoms with van der Waals surface area (Å²) in [6.45, 7) is 7.53. The molecule has 0 fully saturated rings. The van der Waals surface area contributed by atoms with Crippen molar-refractivity contribution in [1.29, 1.82) is 0 Å². The fraction of sp³-hybridized carbons (Fsp3) is 0.476. The highest BCUT2D eigenvalue weighted by Gasteiger charge is 2.01. The molecule has 0 saturated carbocycles. The van der Waals surface area contributed by atoms with Crippen molar-refractivity contribution < 1.29 is 4.79 Å². The number of unbranched alkanes of at least 4 members (excludes halogenated alkanes) is 5. The maximum absolute atomic E-state index is 11.4. The fourth-order valence-corrected chi connectivity index (χ4v) is 2.52. The smallest absolute Gasteiger partial charge is 0.157 e. The Labute approximate surface area is 136 Å². The molecule has 0 radical (unpaired) electrons. The molecule has 0 spiro atoms. The number of Topliss-reactive ketones (excluding diaryl/α,β-unsaturated/α-hetero) is 1. The molecular formula is C21H30O. The maximum atomic E-state index is 11.4. The van der Waals surface area contributed by atoms with Gasteiger partial charge in [-0.1, -0.05) is 68.7 Å². The van der Waals surface area contributed by atoms with Gasteiger partial charge in [0, 0.05) is 6.42 Å². The molecule has 0 saturated heterocycles. The molecular weight excluding hydrogens is 268 g/mol. The van der Waals surface area contributed by atoms with Gasteiger partial charge in [-0.15, -0.1) is 0 Å². The van der Waals surface area contributed by atoms with Crippen molar-refractivity contribution in [2.75, 3.05) is 0 Å². The van der Waals surface area contributed by atoms with Gasteiger partial charge in [0.05, 0.1) is 0 Å². The number of hydrogen-bond acceptors (Lipinski definition) is 1. The van der Waals surface area contributed by atoms with Crippen molar-refractivity contribution in [3.63, 3.8) is 0 Å². The van der Waals surface area contributed by atoms with E-state index < -0.39 is 0 Å². The second-order valence-electron chi connectivity index (χ2n) is 6.07. The molecule has 0 aliphatic heterocycles. The van der Waals surface area contributed by atoms with Gasteiger partial charge in [-0.25, -0.2) is 0 Å². The van der Waals surface area contributed by atoms with Crippen LogP contribution in [-0.4, -0.2) is 5.78 Å². The summed E-state index contributed by atoms with van der Waals surface area (Å²) in [6, 6.07) is 8.85. The lowest BCUT2D eigenvalue weighted by Gasteiger charge is -2.03. The molecule has 0 aromatic heterocycles. The van der Waals surface area contributed by atoms with E-state index in [1.54, 1.807) is 6.92 Å². The van der Waals surface area contributed by atoms with Crippen molar-refractivity contribution in [3.8, 4) is 0 Å². The number of rotatable bonds is 11. The van der Waals surface area contributed by atoms with Gasteiger partial charge < -0.3 is 0 Å². The van der Waals surface area contributed by atoms with E-state index in [1.807, 2.05) is 6.92 Å². The van der Waals surface area contributed by atoms with Gasteiger partial charge in [-0.2, -0.15) is 0 Å². The Morgan fingerprint density at radius 2 is 1.59 bits per heavy atom. The monoisotopic (exact) mass is 298 g/mol. The molecule has 1 nitrogen and oxygen atoms in total. The highest BCUT2D eigenvalue weighted by atomic mass is 16.1. The maximum Gasteiger partial charge on any atom is 0.157 e. The zero-order valence-electron chi connectivity index (χ0n) is 14.2. The summed E-state index contributed by atoms with van der Waals surface area (Å²) in [4.78, 5) is 11.4. The number of benzene rings is 1. The largest absolute Gasteiger partial charge is 0.295 e. The zero-order valence-corrected chi connectivity index (χ0v) is 14.2. The lowest BCUT2D eigenvalue weighted by molar-refractivity contribution is -0.115. The Morgan fingerprint density at radius 3 is 2.18 bits per heavy atom. The van der Waals surface area contributed by atoms with E-state index in [-0.39, 0.29) is 5.78 Å². The second kappa shape index (κ2) is 11.0. The molecule has 22 heavy (non-hydrogen) atoms. The summed E-state index contributed by atoms with van der Waals surface area (Å²) in [7, 11) is 0. The predicted octanol–water partition coefficient (Wildman–Crippen LogP) is 6.14. The van der Waals surface area contributed by atoms with Crippen LogP contribution in [0.2, 0.25) is 0 Å². The molecule has 120 valence electrons. The van der Waals surface area contributed by atoms with Crippen LogP contribution in [0.3, 0.4) is 0 Å². The number of hydrogen-bond donors (Lipinski definition) is 0. The summed E-state index contributed by atoms with van der Waals surface area (Å²) in [6.07, 6.45) is 13.3. The van der Waals surface area contributed by atoms with Gasteiger partial charge in [-0.05, 0) is 49.8 Å². The number of aryl methyl sites for hydroxylation is 1. The average molecular weight is 298 g/mol. The molecule has 0 bridgehead atoms. The van der Waals surface area contributed by atoms with Gasteiger partial charge >= 0.3 is 0 Å². The SMILES string of the molecule is C=C(C)C(=O)CCCCCCCCc1ccc(/C=C/C)cc1. The number of carbonyl (C=O) groups excluding carboxylic acids is 1. The minimum absolute atomic E-state index is 0.223. The van der Waals surface area contributed by atoms with Crippen LogP contribution in [-0.2, 0) is 11.2 Å². The fourth-order valence-electron chi connectivity index (χ4n) is 2.52. The summed E-state index contributed by atoms with van der Waals surface area (Å²) in [5, 5.41) is 0. The minimum Gasteiger partial charge on any atom is -0.295 e. The lowest BCUT2D eigenvalue weighted by Crippen LogP contribution is -1.97. The molecule has 0 unspecified atom stereocenters. The van der Waals surface area contributed by atoms with Crippen molar-refractivity contribution in [1.82, 2.24) is 0 Å². The molecule has 1 rings (SSSR count). The third-order valence-corrected chi connectivity index (χ3v) is 3.93. The molecule has 1 aromatic rings. The first-order chi connectivity index (χ1) is 10.6. The van der Waals surface area contributed by atoms with E-state index in [9.17, 15) is 4.79 Å². The van der Waals surface area contributed by atoms with E-state index in [4.69, 9.17) is 0 Å². The Morgan fingerprint density at radius 1 is 1.00 bits per heavy atom. The highest BCUT2D eigenvalue weighted by Crippen LogP contribution is 2.13. The number of carbonyl (C=O) groups is 1. The third kappa shape index (κ3) is 7.97. The Balaban J connectivity index is 2.03. The first-order valence-corrected chi connectivity index (χ1v) is 8.54. The van der Waals surface area contributed by atoms with E-state index in [0.717, 1.165) is 12.8 Å². The predicted molar refractivity (Wildman–Crippen MR) is 97.0 cm³/mol. The minimum atomic E-state index is 0.223. The molecule has 0 heterocycles. The normalized spacial score (nSPS) is 11.0. The topological polar surface area (TPSA) is 17.1 Å². The van der Waals surface area contributed by atoms with Gasteiger partial charge in [-0.3, -0.25) is 4.79 Å². The van der Waals surface area contributed by atoms with Crippen LogP contribution in [0.4, 0.5) is 0 Å². The van der Waals surface area contributed by atoms with Crippen LogP contribution in [0.1, 0.15) is 69.9 Å². The molecule has 0 aliphatic rings. The second-order valence-corrected chi connectivity index (χ2v) is 6.07. The van der Waals surface area contributed by atoms with E-state index >= 15 is 0 Å². The standard InChI is InChI=1S/C21H30O/c1-4-11-19-14-16-20(17-15-19)12-9-7-5-6-8-10-13-21(22)18(2)3/h4,11,14-17H,2,5-10,12-13H2,1,3H3/b11-4+. The number of ketones is 1. The molecule has 0 aliphatic carbocycles. The first kappa shape index (κ1) is 18.4. The first-order valence-electron chi connectivity index (χ1n) is 8.54. The Hall–Kier alpha value is -1.63. The van der Waals surface area contributed by atoms with Crippen LogP contribution in [0.25, 0.3) is 6.08 Å². The van der Waals surface area contributed by atoms with Crippen LogP contribution in [0, 0.1) is 0 Å². The average Bonchev–Trinajstić information content (AvgIpc) is 2.51. The molecule has 0 N–H and O–H groups in total. The van der Waals surface area contributed by atoms with Crippen LogP contribution < -0.4 is 0 Å². The summed E-state index contributed by atoms with van der Waals surface area (Å²) < 4.78 is 0. The van der Waals surface area contributed by atoms with Crippen molar-refractivity contribution in [3.05, 3.63) is 53.6 Å². The van der Waals surface area contributed by atoms with Gasteiger partial charge in [0.2, 0.25) is 0 Å². The Kier molecular flexibility index (Phi) is 9.21. The quantitative estimate of drug-likeness (QED) is 0.354. The van der Waals surface area contributed by atoms with E-state index in [1.165, 1.54) is 43.2 Å².